The lowest BCUT2D eigenvalue weighted by molar-refractivity contribution is 0.201. The molecule has 0 saturated carbocycles. The van der Waals surface area contributed by atoms with Crippen LogP contribution in [0.5, 0.6) is 11.5 Å². The van der Waals surface area contributed by atoms with E-state index in [1.165, 1.54) is 22.3 Å². The largest absolute Gasteiger partial charge is 0.508 e. The molecule has 0 spiro atoms. The molecule has 4 aromatic carbocycles. The quantitative estimate of drug-likeness (QED) is 0.435. The summed E-state index contributed by atoms with van der Waals surface area (Å²) in [6, 6.07) is 32.7. The average molecular weight is 394 g/mol. The number of fused-ring (bicyclic) bond motifs is 3. The zero-order chi connectivity index (χ0) is 20.6. The van der Waals surface area contributed by atoms with Crippen LogP contribution < -0.4 is 4.74 Å². The van der Waals surface area contributed by atoms with Gasteiger partial charge < -0.3 is 14.9 Å². The Hall–Kier alpha value is -3.56. The molecular formula is C27H22O3. The summed E-state index contributed by atoms with van der Waals surface area (Å²) in [6.45, 7) is 0.258. The third-order valence-corrected chi connectivity index (χ3v) is 5.90. The van der Waals surface area contributed by atoms with Crippen LogP contribution in [0.15, 0.2) is 97.1 Å². The molecule has 0 fully saturated rings. The number of aromatic hydroxyl groups is 1. The molecule has 0 saturated heterocycles. The van der Waals surface area contributed by atoms with Crippen LogP contribution >= 0.6 is 0 Å². The predicted molar refractivity (Wildman–Crippen MR) is 118 cm³/mol. The van der Waals surface area contributed by atoms with Crippen molar-refractivity contribution >= 4 is 0 Å². The molecule has 0 heterocycles. The number of aliphatic hydroxyl groups is 1. The normalized spacial score (nSPS) is 13.5. The maximum absolute atomic E-state index is 9.93. The van der Waals surface area contributed by atoms with Crippen LogP contribution in [0.25, 0.3) is 11.1 Å². The first-order valence-electron chi connectivity index (χ1n) is 10.1. The third kappa shape index (κ3) is 2.71. The molecule has 2 N–H and O–H groups in total. The van der Waals surface area contributed by atoms with Gasteiger partial charge in [0, 0.05) is 0 Å². The molecule has 3 nitrogen and oxygen atoms in total. The van der Waals surface area contributed by atoms with Gasteiger partial charge in [-0.05, 0) is 57.6 Å². The molecule has 30 heavy (non-hydrogen) atoms. The van der Waals surface area contributed by atoms with Crippen molar-refractivity contribution in [3.63, 3.8) is 0 Å². The maximum atomic E-state index is 9.93. The number of ether oxygens (including phenoxy) is 1. The van der Waals surface area contributed by atoms with E-state index < -0.39 is 5.41 Å². The van der Waals surface area contributed by atoms with Crippen LogP contribution in [0.1, 0.15) is 22.3 Å². The van der Waals surface area contributed by atoms with E-state index in [-0.39, 0.29) is 19.0 Å². The van der Waals surface area contributed by atoms with Crippen LogP contribution in [0.3, 0.4) is 0 Å². The molecule has 0 bridgehead atoms. The molecule has 0 amide bonds. The van der Waals surface area contributed by atoms with Crippen LogP contribution in [-0.2, 0) is 5.41 Å². The second-order valence-electron chi connectivity index (χ2n) is 7.48. The average Bonchev–Trinajstić information content (AvgIpc) is 3.10. The molecule has 148 valence electrons. The molecule has 0 unspecified atom stereocenters. The number of phenols is 1. The molecular weight excluding hydrogens is 372 g/mol. The van der Waals surface area contributed by atoms with Gasteiger partial charge in [0.05, 0.1) is 12.0 Å². The first kappa shape index (κ1) is 18.5. The molecule has 1 aliphatic rings. The van der Waals surface area contributed by atoms with Crippen LogP contribution in [0, 0.1) is 0 Å². The van der Waals surface area contributed by atoms with Crippen molar-refractivity contribution in [2.24, 2.45) is 0 Å². The smallest absolute Gasteiger partial charge is 0.119 e. The number of aliphatic hydroxyl groups excluding tert-OH is 1. The zero-order valence-electron chi connectivity index (χ0n) is 16.5. The fourth-order valence-electron chi connectivity index (χ4n) is 4.70. The van der Waals surface area contributed by atoms with Gasteiger partial charge in [0.2, 0.25) is 0 Å². The van der Waals surface area contributed by atoms with Crippen LogP contribution in [0.4, 0.5) is 0 Å². The fraction of sp³-hybridized carbons (Fsp3) is 0.111. The van der Waals surface area contributed by atoms with Crippen molar-refractivity contribution in [3.05, 3.63) is 119 Å². The molecule has 5 rings (SSSR count). The van der Waals surface area contributed by atoms with E-state index in [0.29, 0.717) is 0 Å². The minimum atomic E-state index is -0.490. The van der Waals surface area contributed by atoms with E-state index in [9.17, 15) is 5.11 Å². The lowest BCUT2D eigenvalue weighted by Crippen LogP contribution is -2.28. The third-order valence-electron chi connectivity index (χ3n) is 5.90. The standard InChI is InChI=1S/C27H22O3/c28-17-18-30-22-15-11-20(12-16-22)27(19-9-13-21(29)14-10-19)25-7-3-1-5-23(25)24-6-2-4-8-26(24)27/h1-16,28-29H,17-18H2. The minimum Gasteiger partial charge on any atom is -0.508 e. The highest BCUT2D eigenvalue weighted by Gasteiger charge is 2.45. The zero-order valence-corrected chi connectivity index (χ0v) is 16.5. The summed E-state index contributed by atoms with van der Waals surface area (Å²) >= 11 is 0. The van der Waals surface area contributed by atoms with E-state index in [1.807, 2.05) is 24.3 Å². The minimum absolute atomic E-state index is 0.0139. The highest BCUT2D eigenvalue weighted by molar-refractivity contribution is 5.86. The van der Waals surface area contributed by atoms with Crippen molar-refractivity contribution in [3.8, 4) is 22.6 Å². The summed E-state index contributed by atoms with van der Waals surface area (Å²) in [4.78, 5) is 0. The number of hydrogen-bond acceptors (Lipinski definition) is 3. The highest BCUT2D eigenvalue weighted by atomic mass is 16.5. The Morgan fingerprint density at radius 1 is 0.633 bits per heavy atom. The van der Waals surface area contributed by atoms with Crippen molar-refractivity contribution in [2.75, 3.05) is 13.2 Å². The lowest BCUT2D eigenvalue weighted by Gasteiger charge is -2.34. The molecule has 4 aromatic rings. The highest BCUT2D eigenvalue weighted by Crippen LogP contribution is 2.56. The van der Waals surface area contributed by atoms with E-state index >= 15 is 0 Å². The topological polar surface area (TPSA) is 49.7 Å². The number of hydrogen-bond donors (Lipinski definition) is 2. The van der Waals surface area contributed by atoms with Gasteiger partial charge in [0.25, 0.3) is 0 Å². The van der Waals surface area contributed by atoms with E-state index in [0.717, 1.165) is 16.9 Å². The Kier molecular flexibility index (Phi) is 4.53. The molecule has 0 radical (unpaired) electrons. The van der Waals surface area contributed by atoms with Gasteiger partial charge in [-0.1, -0.05) is 72.8 Å². The maximum Gasteiger partial charge on any atom is 0.119 e. The summed E-state index contributed by atoms with van der Waals surface area (Å²) < 4.78 is 5.58. The lowest BCUT2D eigenvalue weighted by atomic mass is 9.68. The SMILES string of the molecule is OCCOc1ccc(C2(c3ccc(O)cc3)c3ccccc3-c3ccccc32)cc1. The summed E-state index contributed by atoms with van der Waals surface area (Å²) in [5.74, 6) is 0.981. The summed E-state index contributed by atoms with van der Waals surface area (Å²) in [6.07, 6.45) is 0. The van der Waals surface area contributed by atoms with Gasteiger partial charge in [-0.15, -0.1) is 0 Å². The molecule has 0 aliphatic heterocycles. The van der Waals surface area contributed by atoms with Crippen molar-refractivity contribution in [2.45, 2.75) is 5.41 Å². The van der Waals surface area contributed by atoms with Crippen LogP contribution in [0.2, 0.25) is 0 Å². The monoisotopic (exact) mass is 394 g/mol. The van der Waals surface area contributed by atoms with Crippen molar-refractivity contribution in [1.29, 1.82) is 0 Å². The predicted octanol–water partition coefficient (Wildman–Crippen LogP) is 5.13. The van der Waals surface area contributed by atoms with Crippen molar-refractivity contribution in [1.82, 2.24) is 0 Å². The number of phenolic OH excluding ortho intramolecular Hbond substituents is 1. The van der Waals surface area contributed by atoms with Gasteiger partial charge in [-0.2, -0.15) is 0 Å². The first-order valence-corrected chi connectivity index (χ1v) is 10.1. The summed E-state index contributed by atoms with van der Waals surface area (Å²) in [5, 5.41) is 19.0. The number of benzene rings is 4. The molecule has 0 aromatic heterocycles. The van der Waals surface area contributed by atoms with Gasteiger partial charge in [-0.25, -0.2) is 0 Å². The van der Waals surface area contributed by atoms with Gasteiger partial charge >= 0.3 is 0 Å². The molecule has 1 aliphatic carbocycles. The van der Waals surface area contributed by atoms with E-state index in [1.54, 1.807) is 12.1 Å². The fourth-order valence-corrected chi connectivity index (χ4v) is 4.70. The molecule has 3 heteroatoms. The molecule has 0 atom stereocenters. The Morgan fingerprint density at radius 3 is 1.67 bits per heavy atom. The Morgan fingerprint density at radius 2 is 1.13 bits per heavy atom. The van der Waals surface area contributed by atoms with Gasteiger partial charge in [0.1, 0.15) is 18.1 Å². The Bertz CT molecular complexity index is 1130. The van der Waals surface area contributed by atoms with Gasteiger partial charge in [-0.3, -0.25) is 0 Å². The van der Waals surface area contributed by atoms with Crippen molar-refractivity contribution < 1.29 is 14.9 Å². The Labute approximate surface area is 175 Å². The summed E-state index contributed by atoms with van der Waals surface area (Å²) in [7, 11) is 0. The number of rotatable bonds is 5. The second kappa shape index (κ2) is 7.36. The van der Waals surface area contributed by atoms with Crippen LogP contribution in [-0.4, -0.2) is 23.4 Å². The summed E-state index contributed by atoms with van der Waals surface area (Å²) in [5.41, 5.74) is 6.63. The second-order valence-corrected chi connectivity index (χ2v) is 7.48. The Balaban J connectivity index is 1.80. The first-order chi connectivity index (χ1) is 14.7. The van der Waals surface area contributed by atoms with E-state index in [4.69, 9.17) is 9.84 Å². The van der Waals surface area contributed by atoms with E-state index in [2.05, 4.69) is 60.7 Å². The van der Waals surface area contributed by atoms with Gasteiger partial charge in [0.15, 0.2) is 0 Å².